The van der Waals surface area contributed by atoms with Crippen LogP contribution >= 0.6 is 0 Å². The van der Waals surface area contributed by atoms with Gasteiger partial charge in [0, 0.05) is 6.07 Å². The summed E-state index contributed by atoms with van der Waals surface area (Å²) in [5.74, 6) is 0.172. The lowest BCUT2D eigenvalue weighted by Crippen LogP contribution is -2.00. The topological polar surface area (TPSA) is 72.6 Å². The number of nitrogens with zero attached hydrogens (tertiary/aromatic N) is 1. The Hall–Kier alpha value is -2.40. The van der Waals surface area contributed by atoms with Crippen molar-refractivity contribution >= 4 is 5.69 Å². The Kier molecular flexibility index (Phi) is 4.90. The van der Waals surface area contributed by atoms with Crippen molar-refractivity contribution in [3.63, 3.8) is 0 Å². The van der Waals surface area contributed by atoms with Crippen LogP contribution in [-0.4, -0.2) is 10.0 Å². The summed E-state index contributed by atoms with van der Waals surface area (Å²) in [4.78, 5) is 10.5. The monoisotopic (exact) mass is 287 g/mol. The van der Waals surface area contributed by atoms with Crippen LogP contribution in [0, 0.1) is 10.1 Å². The Labute approximate surface area is 123 Å². The summed E-state index contributed by atoms with van der Waals surface area (Å²) < 4.78 is 5.55. The lowest BCUT2D eigenvalue weighted by molar-refractivity contribution is -0.386. The van der Waals surface area contributed by atoms with Crippen molar-refractivity contribution < 1.29 is 14.8 Å². The minimum atomic E-state index is -0.489. The predicted octanol–water partition coefficient (Wildman–Crippen LogP) is 3.23. The fraction of sp³-hybridized carbons (Fsp3) is 0.250. The van der Waals surface area contributed by atoms with Crippen LogP contribution in [-0.2, 0) is 19.6 Å². The fourth-order valence-corrected chi connectivity index (χ4v) is 1.96. The van der Waals surface area contributed by atoms with Gasteiger partial charge >= 0.3 is 5.69 Å². The second-order valence-corrected chi connectivity index (χ2v) is 4.68. The van der Waals surface area contributed by atoms with Gasteiger partial charge in [-0.05, 0) is 35.2 Å². The third-order valence-electron chi connectivity index (χ3n) is 3.23. The quantitative estimate of drug-likeness (QED) is 0.654. The van der Waals surface area contributed by atoms with Gasteiger partial charge in [0.05, 0.1) is 11.5 Å². The van der Waals surface area contributed by atoms with Gasteiger partial charge in [0.2, 0.25) is 0 Å². The van der Waals surface area contributed by atoms with E-state index in [2.05, 4.69) is 6.92 Å². The lowest BCUT2D eigenvalue weighted by Gasteiger charge is -2.08. The molecular formula is C16H17NO4. The van der Waals surface area contributed by atoms with Gasteiger partial charge in [-0.1, -0.05) is 31.2 Å². The van der Waals surface area contributed by atoms with E-state index in [9.17, 15) is 10.1 Å². The Morgan fingerprint density at radius 3 is 2.29 bits per heavy atom. The first-order chi connectivity index (χ1) is 10.1. The van der Waals surface area contributed by atoms with E-state index >= 15 is 0 Å². The molecule has 0 radical (unpaired) electrons. The van der Waals surface area contributed by atoms with Crippen LogP contribution in [0.25, 0.3) is 0 Å². The first kappa shape index (κ1) is 15.0. The Bertz CT molecular complexity index is 623. The normalized spacial score (nSPS) is 10.4. The van der Waals surface area contributed by atoms with Gasteiger partial charge in [-0.3, -0.25) is 10.1 Å². The van der Waals surface area contributed by atoms with Crippen LogP contribution in [0.15, 0.2) is 42.5 Å². The van der Waals surface area contributed by atoms with E-state index < -0.39 is 4.92 Å². The van der Waals surface area contributed by atoms with Crippen LogP contribution in [0.5, 0.6) is 5.75 Å². The molecule has 110 valence electrons. The van der Waals surface area contributed by atoms with Crippen molar-refractivity contribution in [2.75, 3.05) is 0 Å². The third-order valence-corrected chi connectivity index (χ3v) is 3.23. The zero-order chi connectivity index (χ0) is 15.2. The molecule has 0 unspecified atom stereocenters. The molecule has 21 heavy (non-hydrogen) atoms. The Morgan fingerprint density at radius 2 is 1.71 bits per heavy atom. The van der Waals surface area contributed by atoms with Crippen LogP contribution < -0.4 is 4.74 Å². The molecule has 0 aliphatic carbocycles. The molecule has 0 atom stereocenters. The predicted molar refractivity (Wildman–Crippen MR) is 79.2 cm³/mol. The first-order valence-corrected chi connectivity index (χ1v) is 6.72. The second kappa shape index (κ2) is 6.85. The highest BCUT2D eigenvalue weighted by Crippen LogP contribution is 2.28. The van der Waals surface area contributed by atoms with Crippen molar-refractivity contribution in [3.8, 4) is 5.75 Å². The molecular weight excluding hydrogens is 270 g/mol. The van der Waals surface area contributed by atoms with Crippen molar-refractivity contribution in [1.82, 2.24) is 0 Å². The smallest absolute Gasteiger partial charge is 0.310 e. The van der Waals surface area contributed by atoms with Crippen molar-refractivity contribution in [1.29, 1.82) is 0 Å². The van der Waals surface area contributed by atoms with E-state index in [0.29, 0.717) is 5.56 Å². The number of hydrogen-bond donors (Lipinski definition) is 1. The van der Waals surface area contributed by atoms with Crippen molar-refractivity contribution in [2.45, 2.75) is 26.6 Å². The summed E-state index contributed by atoms with van der Waals surface area (Å²) in [6.45, 7) is 2.15. The molecule has 2 aromatic carbocycles. The summed E-state index contributed by atoms with van der Waals surface area (Å²) in [6, 6.07) is 12.3. The molecule has 1 N–H and O–H groups in total. The SMILES string of the molecule is CCc1ccc(COc2cc(CO)ccc2[N+](=O)[O-])cc1. The number of rotatable bonds is 6. The largest absolute Gasteiger partial charge is 0.482 e. The molecule has 0 aliphatic rings. The summed E-state index contributed by atoms with van der Waals surface area (Å²) in [6.07, 6.45) is 0.963. The average Bonchev–Trinajstić information content (AvgIpc) is 2.52. The summed E-state index contributed by atoms with van der Waals surface area (Å²) in [5, 5.41) is 20.1. The zero-order valence-electron chi connectivity index (χ0n) is 11.8. The maximum atomic E-state index is 11.0. The number of aliphatic hydroxyl groups is 1. The minimum absolute atomic E-state index is 0.0996. The Morgan fingerprint density at radius 1 is 1.10 bits per heavy atom. The average molecular weight is 287 g/mol. The lowest BCUT2D eigenvalue weighted by atomic mass is 10.1. The van der Waals surface area contributed by atoms with Crippen LogP contribution in [0.3, 0.4) is 0 Å². The number of ether oxygens (including phenoxy) is 1. The van der Waals surface area contributed by atoms with E-state index in [1.54, 1.807) is 0 Å². The number of hydrogen-bond acceptors (Lipinski definition) is 4. The van der Waals surface area contributed by atoms with E-state index in [1.807, 2.05) is 24.3 Å². The molecule has 0 aromatic heterocycles. The standard InChI is InChI=1S/C16H17NO4/c1-2-12-3-5-13(6-4-12)11-21-16-9-14(10-18)7-8-15(16)17(19)20/h3-9,18H,2,10-11H2,1H3. The molecule has 5 heteroatoms. The number of aryl methyl sites for hydroxylation is 1. The Balaban J connectivity index is 2.15. The molecule has 0 aliphatic heterocycles. The van der Waals surface area contributed by atoms with Gasteiger partial charge in [-0.25, -0.2) is 0 Å². The van der Waals surface area contributed by atoms with Crippen LogP contribution in [0.4, 0.5) is 5.69 Å². The third kappa shape index (κ3) is 3.79. The summed E-state index contributed by atoms with van der Waals surface area (Å²) >= 11 is 0. The summed E-state index contributed by atoms with van der Waals surface area (Å²) in [7, 11) is 0. The van der Waals surface area contributed by atoms with Gasteiger partial charge in [0.1, 0.15) is 6.61 Å². The van der Waals surface area contributed by atoms with Gasteiger partial charge in [-0.2, -0.15) is 0 Å². The first-order valence-electron chi connectivity index (χ1n) is 6.72. The van der Waals surface area contributed by atoms with E-state index in [-0.39, 0.29) is 24.7 Å². The molecule has 0 spiro atoms. The number of nitro benzene ring substituents is 1. The van der Waals surface area contributed by atoms with Crippen LogP contribution in [0.1, 0.15) is 23.6 Å². The summed E-state index contributed by atoms with van der Waals surface area (Å²) in [5.41, 5.74) is 2.65. The molecule has 0 saturated carbocycles. The molecule has 0 fully saturated rings. The van der Waals surface area contributed by atoms with Crippen molar-refractivity contribution in [3.05, 3.63) is 69.3 Å². The maximum absolute atomic E-state index is 11.0. The van der Waals surface area contributed by atoms with Gasteiger partial charge in [0.15, 0.2) is 5.75 Å². The molecule has 0 amide bonds. The molecule has 0 heterocycles. The zero-order valence-corrected chi connectivity index (χ0v) is 11.8. The fourth-order valence-electron chi connectivity index (χ4n) is 1.96. The minimum Gasteiger partial charge on any atom is -0.482 e. The number of aliphatic hydroxyl groups excluding tert-OH is 1. The van der Waals surface area contributed by atoms with E-state index in [0.717, 1.165) is 12.0 Å². The van der Waals surface area contributed by atoms with Gasteiger partial charge in [-0.15, -0.1) is 0 Å². The molecule has 5 nitrogen and oxygen atoms in total. The molecule has 2 aromatic rings. The molecule has 2 rings (SSSR count). The second-order valence-electron chi connectivity index (χ2n) is 4.68. The highest BCUT2D eigenvalue weighted by atomic mass is 16.6. The highest BCUT2D eigenvalue weighted by Gasteiger charge is 2.15. The molecule has 0 bridgehead atoms. The number of benzene rings is 2. The highest BCUT2D eigenvalue weighted by molar-refractivity contribution is 5.48. The van der Waals surface area contributed by atoms with Crippen LogP contribution in [0.2, 0.25) is 0 Å². The van der Waals surface area contributed by atoms with E-state index in [4.69, 9.17) is 9.84 Å². The number of nitro groups is 1. The van der Waals surface area contributed by atoms with E-state index in [1.165, 1.54) is 23.8 Å². The molecule has 0 saturated heterocycles. The van der Waals surface area contributed by atoms with Gasteiger partial charge in [0.25, 0.3) is 0 Å². The maximum Gasteiger partial charge on any atom is 0.310 e. The van der Waals surface area contributed by atoms with Gasteiger partial charge < -0.3 is 9.84 Å². The van der Waals surface area contributed by atoms with Crippen molar-refractivity contribution in [2.24, 2.45) is 0 Å².